The maximum Gasteiger partial charge on any atom is 0.162 e. The predicted molar refractivity (Wildman–Crippen MR) is 341 cm³/mol. The van der Waals surface area contributed by atoms with E-state index < -0.39 is 0 Å². The summed E-state index contributed by atoms with van der Waals surface area (Å²) in [5.41, 5.74) is 15.0. The van der Waals surface area contributed by atoms with Crippen molar-refractivity contribution in [3.05, 3.63) is 285 Å². The summed E-state index contributed by atoms with van der Waals surface area (Å²) >= 11 is 1.87. The first-order valence-electron chi connectivity index (χ1n) is 27.4. The second-order valence-corrected chi connectivity index (χ2v) is 21.9. The standard InChI is InChI=1S/C75H47N5S/c1-4-16-48(17-5-1)50-30-32-51(33-31-50)69-47-74(78-75(77-69)52-20-8-3-9-21-52)80-70-35-34-55(54-23-15-25-58(41-54)79(56-36-38-76-39-37-56)57-24-14-22-53(40-57)49-18-6-2-7-19-49)42-65(70)66-46-73-68(44-71(66)80)67-43-63-61-28-12-10-26-59(61)60-27-11-13-29-62(60)64(63)45-72(67)81-73/h1-47H. The number of fused-ring (bicyclic) bond motifs is 12. The number of benzene rings is 12. The SMILES string of the molecule is c1ccc(-c2ccc(-c3cc(-n4c5ccc(-c6cccc(N(c7ccncc7)c7cccc(-c8ccccc8)c7)c6)cc5c5cc6sc7cc8c9ccccc9c9ccccc9c8cc7c6cc54)nc(-c4ccccc4)n3)cc2)cc1. The van der Waals surface area contributed by atoms with E-state index in [4.69, 9.17) is 9.97 Å². The normalized spacial score (nSPS) is 11.7. The van der Waals surface area contributed by atoms with Crippen molar-refractivity contribution < 1.29 is 0 Å². The molecular formula is C75H47N5S. The van der Waals surface area contributed by atoms with Crippen LogP contribution in [0, 0.1) is 0 Å². The highest BCUT2D eigenvalue weighted by Gasteiger charge is 2.22. The van der Waals surface area contributed by atoms with Crippen LogP contribution in [0.25, 0.3) is 136 Å². The summed E-state index contributed by atoms with van der Waals surface area (Å²) in [6.07, 6.45) is 3.73. The largest absolute Gasteiger partial charge is 0.310 e. The molecule has 0 spiro atoms. The molecule has 5 nitrogen and oxygen atoms in total. The van der Waals surface area contributed by atoms with Crippen molar-refractivity contribution in [1.82, 2.24) is 19.5 Å². The van der Waals surface area contributed by atoms with E-state index in [0.717, 1.165) is 83.8 Å². The Hall–Kier alpha value is -10.5. The number of hydrogen-bond donors (Lipinski definition) is 0. The Labute approximate surface area is 471 Å². The third-order valence-corrected chi connectivity index (χ3v) is 17.2. The van der Waals surface area contributed by atoms with Crippen LogP contribution in [-0.2, 0) is 0 Å². The van der Waals surface area contributed by atoms with Crippen LogP contribution in [0.5, 0.6) is 0 Å². The second-order valence-electron chi connectivity index (χ2n) is 20.8. The van der Waals surface area contributed by atoms with Gasteiger partial charge in [-0.1, -0.05) is 194 Å². The molecule has 0 atom stereocenters. The molecule has 16 rings (SSSR count). The molecule has 378 valence electrons. The van der Waals surface area contributed by atoms with Crippen molar-refractivity contribution in [3.8, 4) is 61.8 Å². The van der Waals surface area contributed by atoms with E-state index in [1.54, 1.807) is 0 Å². The first-order chi connectivity index (χ1) is 40.1. The molecule has 0 unspecified atom stereocenters. The van der Waals surface area contributed by atoms with E-state index in [-0.39, 0.29) is 0 Å². The lowest BCUT2D eigenvalue weighted by atomic mass is 9.93. The molecule has 4 aromatic heterocycles. The summed E-state index contributed by atoms with van der Waals surface area (Å²) in [5, 5.41) is 12.4. The number of anilines is 3. The first-order valence-corrected chi connectivity index (χ1v) is 28.2. The van der Waals surface area contributed by atoms with Gasteiger partial charge in [0.2, 0.25) is 0 Å². The van der Waals surface area contributed by atoms with E-state index in [0.29, 0.717) is 5.82 Å². The fourth-order valence-corrected chi connectivity index (χ4v) is 13.4. The van der Waals surface area contributed by atoms with Gasteiger partial charge in [-0.15, -0.1) is 11.3 Å². The minimum Gasteiger partial charge on any atom is -0.310 e. The summed E-state index contributed by atoms with van der Waals surface area (Å²) in [7, 11) is 0. The summed E-state index contributed by atoms with van der Waals surface area (Å²) in [4.78, 5) is 17.6. The fraction of sp³-hybridized carbons (Fsp3) is 0. The van der Waals surface area contributed by atoms with Gasteiger partial charge in [0.1, 0.15) is 5.82 Å². The molecule has 0 saturated heterocycles. The monoisotopic (exact) mass is 1050 g/mol. The van der Waals surface area contributed by atoms with E-state index in [1.165, 1.54) is 63.6 Å². The number of pyridine rings is 1. The Bertz CT molecular complexity index is 5090. The van der Waals surface area contributed by atoms with Crippen LogP contribution in [0.4, 0.5) is 17.1 Å². The zero-order valence-electron chi connectivity index (χ0n) is 43.8. The molecule has 4 heterocycles. The summed E-state index contributed by atoms with van der Waals surface area (Å²) in [6.45, 7) is 0. The van der Waals surface area contributed by atoms with Gasteiger partial charge in [0.15, 0.2) is 5.82 Å². The van der Waals surface area contributed by atoms with Crippen LogP contribution in [-0.4, -0.2) is 19.5 Å². The highest BCUT2D eigenvalue weighted by atomic mass is 32.1. The predicted octanol–water partition coefficient (Wildman–Crippen LogP) is 20.6. The highest BCUT2D eigenvalue weighted by molar-refractivity contribution is 7.26. The molecule has 0 amide bonds. The molecule has 0 radical (unpaired) electrons. The Morgan fingerprint density at radius 1 is 0.284 bits per heavy atom. The van der Waals surface area contributed by atoms with Gasteiger partial charge < -0.3 is 4.90 Å². The maximum absolute atomic E-state index is 5.51. The van der Waals surface area contributed by atoms with Gasteiger partial charge in [-0.05, 0) is 138 Å². The van der Waals surface area contributed by atoms with Gasteiger partial charge in [0.05, 0.1) is 16.7 Å². The summed E-state index contributed by atoms with van der Waals surface area (Å²) in [6, 6.07) is 98.6. The van der Waals surface area contributed by atoms with Gasteiger partial charge in [-0.2, -0.15) is 0 Å². The Kier molecular flexibility index (Phi) is 11.0. The molecule has 0 aliphatic rings. The van der Waals surface area contributed by atoms with E-state index >= 15 is 0 Å². The zero-order chi connectivity index (χ0) is 53.4. The van der Waals surface area contributed by atoms with Gasteiger partial charge in [-0.25, -0.2) is 9.97 Å². The van der Waals surface area contributed by atoms with Crippen molar-refractivity contribution >= 4 is 103 Å². The fourth-order valence-electron chi connectivity index (χ4n) is 12.2. The molecule has 12 aromatic carbocycles. The smallest absolute Gasteiger partial charge is 0.162 e. The summed E-state index contributed by atoms with van der Waals surface area (Å²) in [5.74, 6) is 1.47. The molecular weight excluding hydrogens is 1000 g/mol. The Morgan fingerprint density at radius 2 is 0.753 bits per heavy atom. The van der Waals surface area contributed by atoms with Gasteiger partial charge in [0.25, 0.3) is 0 Å². The average Bonchev–Trinajstić information content (AvgIpc) is 4.12. The molecule has 16 aromatic rings. The van der Waals surface area contributed by atoms with Crippen LogP contribution >= 0.6 is 11.3 Å². The van der Waals surface area contributed by atoms with Crippen LogP contribution in [0.2, 0.25) is 0 Å². The number of rotatable bonds is 9. The average molecular weight is 1050 g/mol. The van der Waals surface area contributed by atoms with Crippen LogP contribution in [0.3, 0.4) is 0 Å². The molecule has 0 fully saturated rings. The quantitative estimate of drug-likeness (QED) is 0.135. The number of thiophene rings is 1. The highest BCUT2D eigenvalue weighted by Crippen LogP contribution is 2.46. The molecule has 6 heteroatoms. The lowest BCUT2D eigenvalue weighted by Crippen LogP contribution is -2.10. The van der Waals surface area contributed by atoms with E-state index in [9.17, 15) is 0 Å². The number of nitrogens with zero attached hydrogens (tertiary/aromatic N) is 5. The zero-order valence-corrected chi connectivity index (χ0v) is 44.6. The maximum atomic E-state index is 5.51. The van der Waals surface area contributed by atoms with Crippen molar-refractivity contribution in [1.29, 1.82) is 0 Å². The van der Waals surface area contributed by atoms with Crippen LogP contribution < -0.4 is 4.90 Å². The van der Waals surface area contributed by atoms with Gasteiger partial charge in [-0.3, -0.25) is 9.55 Å². The molecule has 0 aliphatic carbocycles. The molecule has 0 bridgehead atoms. The Balaban J connectivity index is 0.920. The molecule has 0 saturated carbocycles. The lowest BCUT2D eigenvalue weighted by molar-refractivity contribution is 1.05. The topological polar surface area (TPSA) is 46.8 Å². The Morgan fingerprint density at radius 3 is 1.40 bits per heavy atom. The van der Waals surface area contributed by atoms with E-state index in [2.05, 4.69) is 281 Å². The van der Waals surface area contributed by atoms with E-state index in [1.807, 2.05) is 29.8 Å². The minimum absolute atomic E-state index is 0.666. The van der Waals surface area contributed by atoms with Crippen molar-refractivity contribution in [2.45, 2.75) is 0 Å². The minimum atomic E-state index is 0.666. The number of hydrogen-bond acceptors (Lipinski definition) is 5. The number of aromatic nitrogens is 4. The summed E-state index contributed by atoms with van der Waals surface area (Å²) < 4.78 is 4.88. The van der Waals surface area contributed by atoms with Crippen molar-refractivity contribution in [3.63, 3.8) is 0 Å². The van der Waals surface area contributed by atoms with Crippen molar-refractivity contribution in [2.75, 3.05) is 4.90 Å². The third kappa shape index (κ3) is 8.03. The second kappa shape index (κ2) is 19.1. The molecule has 81 heavy (non-hydrogen) atoms. The molecule has 0 aliphatic heterocycles. The lowest BCUT2D eigenvalue weighted by Gasteiger charge is -2.26. The van der Waals surface area contributed by atoms with Crippen molar-refractivity contribution in [2.24, 2.45) is 0 Å². The molecule has 0 N–H and O–H groups in total. The third-order valence-electron chi connectivity index (χ3n) is 16.1. The first kappa shape index (κ1) is 46.6. The van der Waals surface area contributed by atoms with Crippen LogP contribution in [0.15, 0.2) is 285 Å². The van der Waals surface area contributed by atoms with Gasteiger partial charge >= 0.3 is 0 Å². The van der Waals surface area contributed by atoms with Crippen LogP contribution in [0.1, 0.15) is 0 Å². The van der Waals surface area contributed by atoms with Gasteiger partial charge in [0, 0.05) is 77.6 Å².